The molecular weight excluding hydrogens is 338 g/mol. The molecule has 1 N–H and O–H groups in total. The molecule has 2 heterocycles. The highest BCUT2D eigenvalue weighted by atomic mass is 32.2. The Hall–Kier alpha value is -2.26. The van der Waals surface area contributed by atoms with E-state index in [1.54, 1.807) is 11.8 Å². The van der Waals surface area contributed by atoms with Gasteiger partial charge in [0.1, 0.15) is 0 Å². The highest BCUT2D eigenvalue weighted by molar-refractivity contribution is 8.02. The first-order valence-corrected chi connectivity index (χ1v) is 9.96. The zero-order valence-electron chi connectivity index (χ0n) is 15.4. The standard InChI is InChI=1S/C23H23NOS/c1-23(2,3)16-9-6-8-15(14-16)20-17-10-4-5-11-18(17)24-22(25)21(20)19-12-7-13-26-19/h4-11,13-14,19H,12H2,1-3H3,(H,24,25). The third-order valence-corrected chi connectivity index (χ3v) is 6.09. The Morgan fingerprint density at radius 1 is 1.08 bits per heavy atom. The number of fused-ring (bicyclic) bond motifs is 1. The zero-order chi connectivity index (χ0) is 18.3. The smallest absolute Gasteiger partial charge is 0.253 e. The molecule has 0 saturated carbocycles. The molecule has 1 aromatic heterocycles. The molecule has 0 amide bonds. The summed E-state index contributed by atoms with van der Waals surface area (Å²) in [6.07, 6.45) is 3.05. The van der Waals surface area contributed by atoms with Gasteiger partial charge in [0, 0.05) is 27.3 Å². The van der Waals surface area contributed by atoms with Gasteiger partial charge in [-0.3, -0.25) is 4.79 Å². The summed E-state index contributed by atoms with van der Waals surface area (Å²) in [7, 11) is 0. The van der Waals surface area contributed by atoms with E-state index in [2.05, 4.69) is 67.6 Å². The lowest BCUT2D eigenvalue weighted by atomic mass is 9.84. The highest BCUT2D eigenvalue weighted by Gasteiger charge is 2.24. The fourth-order valence-corrected chi connectivity index (χ4v) is 4.58. The van der Waals surface area contributed by atoms with Crippen LogP contribution >= 0.6 is 11.8 Å². The van der Waals surface area contributed by atoms with Crippen LogP contribution in [0.2, 0.25) is 0 Å². The first-order chi connectivity index (χ1) is 12.4. The summed E-state index contributed by atoms with van der Waals surface area (Å²) in [5.74, 6) is 0. The zero-order valence-corrected chi connectivity index (χ0v) is 16.2. The maximum atomic E-state index is 13.0. The SMILES string of the molecule is CC(C)(C)c1cccc(-c2c(C3CC=CS3)c(=O)[nH]c3ccccc23)c1. The molecule has 1 unspecified atom stereocenters. The topological polar surface area (TPSA) is 32.9 Å². The summed E-state index contributed by atoms with van der Waals surface area (Å²) in [4.78, 5) is 16.1. The van der Waals surface area contributed by atoms with E-state index in [0.29, 0.717) is 0 Å². The number of H-pyrrole nitrogens is 1. The maximum absolute atomic E-state index is 13.0. The number of benzene rings is 2. The van der Waals surface area contributed by atoms with Crippen LogP contribution < -0.4 is 5.56 Å². The van der Waals surface area contributed by atoms with Crippen molar-refractivity contribution >= 4 is 22.7 Å². The lowest BCUT2D eigenvalue weighted by Crippen LogP contribution is -2.17. The average Bonchev–Trinajstić information content (AvgIpc) is 3.14. The molecule has 0 saturated heterocycles. The minimum Gasteiger partial charge on any atom is -0.322 e. The third kappa shape index (κ3) is 3.01. The Bertz CT molecular complexity index is 1050. The Morgan fingerprint density at radius 3 is 2.62 bits per heavy atom. The van der Waals surface area contributed by atoms with Crippen LogP contribution in [0.25, 0.3) is 22.0 Å². The summed E-state index contributed by atoms with van der Waals surface area (Å²) in [5.41, 5.74) is 5.37. The van der Waals surface area contributed by atoms with Crippen molar-refractivity contribution in [3.8, 4) is 11.1 Å². The Balaban J connectivity index is 2.04. The van der Waals surface area contributed by atoms with Crippen molar-refractivity contribution in [2.45, 2.75) is 37.9 Å². The maximum Gasteiger partial charge on any atom is 0.253 e. The van der Waals surface area contributed by atoms with Crippen LogP contribution in [-0.2, 0) is 5.41 Å². The van der Waals surface area contributed by atoms with Crippen molar-refractivity contribution in [3.05, 3.63) is 81.5 Å². The van der Waals surface area contributed by atoms with Gasteiger partial charge in [-0.1, -0.05) is 69.3 Å². The first kappa shape index (κ1) is 17.2. The van der Waals surface area contributed by atoms with E-state index in [9.17, 15) is 4.79 Å². The van der Waals surface area contributed by atoms with Crippen molar-refractivity contribution < 1.29 is 0 Å². The number of aromatic nitrogens is 1. The predicted molar refractivity (Wildman–Crippen MR) is 113 cm³/mol. The summed E-state index contributed by atoms with van der Waals surface area (Å²) >= 11 is 1.74. The van der Waals surface area contributed by atoms with Gasteiger partial charge in [0.15, 0.2) is 0 Å². The quantitative estimate of drug-likeness (QED) is 0.591. The molecule has 0 aliphatic carbocycles. The van der Waals surface area contributed by atoms with Crippen LogP contribution in [0.15, 0.2) is 64.8 Å². The van der Waals surface area contributed by atoms with Gasteiger partial charge in [-0.15, -0.1) is 11.8 Å². The van der Waals surface area contributed by atoms with Crippen molar-refractivity contribution in [1.29, 1.82) is 0 Å². The number of hydrogen-bond donors (Lipinski definition) is 1. The molecule has 1 atom stereocenters. The minimum atomic E-state index is 0.0288. The van der Waals surface area contributed by atoms with E-state index < -0.39 is 0 Å². The molecule has 4 rings (SSSR count). The molecule has 0 fully saturated rings. The summed E-state index contributed by atoms with van der Waals surface area (Å²) in [6.45, 7) is 6.67. The normalized spacial score (nSPS) is 17.1. The van der Waals surface area contributed by atoms with E-state index in [0.717, 1.165) is 34.0 Å². The van der Waals surface area contributed by atoms with Crippen LogP contribution in [0.4, 0.5) is 0 Å². The lowest BCUT2D eigenvalue weighted by Gasteiger charge is -2.22. The number of rotatable bonds is 2. The van der Waals surface area contributed by atoms with E-state index in [1.165, 1.54) is 5.56 Å². The first-order valence-electron chi connectivity index (χ1n) is 9.01. The molecule has 3 heteroatoms. The van der Waals surface area contributed by atoms with E-state index >= 15 is 0 Å². The number of hydrogen-bond acceptors (Lipinski definition) is 2. The van der Waals surface area contributed by atoms with Crippen molar-refractivity contribution in [3.63, 3.8) is 0 Å². The lowest BCUT2D eigenvalue weighted by molar-refractivity contribution is 0.590. The van der Waals surface area contributed by atoms with Gasteiger partial charge in [-0.25, -0.2) is 0 Å². The number of nitrogens with one attached hydrogen (secondary N) is 1. The van der Waals surface area contributed by atoms with Gasteiger partial charge in [0.2, 0.25) is 0 Å². The van der Waals surface area contributed by atoms with Crippen molar-refractivity contribution in [2.24, 2.45) is 0 Å². The summed E-state index contributed by atoms with van der Waals surface area (Å²) in [6, 6.07) is 16.8. The van der Waals surface area contributed by atoms with Gasteiger partial charge in [-0.05, 0) is 34.4 Å². The fraction of sp³-hybridized carbons (Fsp3) is 0.261. The van der Waals surface area contributed by atoms with Crippen LogP contribution in [0.1, 0.15) is 43.6 Å². The molecule has 1 aliphatic heterocycles. The molecule has 0 bridgehead atoms. The molecular formula is C23H23NOS. The number of thioether (sulfide) groups is 1. The number of allylic oxidation sites excluding steroid dienone is 1. The molecule has 0 radical (unpaired) electrons. The molecule has 26 heavy (non-hydrogen) atoms. The Labute approximate surface area is 158 Å². The second-order valence-electron chi connectivity index (χ2n) is 7.85. The van der Waals surface area contributed by atoms with E-state index in [-0.39, 0.29) is 16.2 Å². The van der Waals surface area contributed by atoms with Gasteiger partial charge in [-0.2, -0.15) is 0 Å². The van der Waals surface area contributed by atoms with Crippen LogP contribution in [-0.4, -0.2) is 4.98 Å². The highest BCUT2D eigenvalue weighted by Crippen LogP contribution is 2.43. The van der Waals surface area contributed by atoms with Gasteiger partial charge >= 0.3 is 0 Å². The van der Waals surface area contributed by atoms with Crippen molar-refractivity contribution in [1.82, 2.24) is 4.98 Å². The molecule has 0 spiro atoms. The predicted octanol–water partition coefficient (Wildman–Crippen LogP) is 6.18. The monoisotopic (exact) mass is 361 g/mol. The molecule has 2 nitrogen and oxygen atoms in total. The third-order valence-electron chi connectivity index (χ3n) is 4.99. The number of pyridine rings is 1. The minimum absolute atomic E-state index is 0.0288. The van der Waals surface area contributed by atoms with Crippen LogP contribution in [0.5, 0.6) is 0 Å². The summed E-state index contributed by atoms with van der Waals surface area (Å²) < 4.78 is 0. The van der Waals surface area contributed by atoms with Gasteiger partial charge in [0.25, 0.3) is 5.56 Å². The fourth-order valence-electron chi connectivity index (χ4n) is 3.59. The second-order valence-corrected chi connectivity index (χ2v) is 8.96. The van der Waals surface area contributed by atoms with Crippen molar-refractivity contribution in [2.75, 3.05) is 0 Å². The summed E-state index contributed by atoms with van der Waals surface area (Å²) in [5, 5.41) is 3.39. The molecule has 2 aromatic carbocycles. The molecule has 3 aromatic rings. The van der Waals surface area contributed by atoms with E-state index in [4.69, 9.17) is 0 Å². The number of aromatic amines is 1. The largest absolute Gasteiger partial charge is 0.322 e. The Kier molecular flexibility index (Phi) is 4.28. The second kappa shape index (κ2) is 6.48. The van der Waals surface area contributed by atoms with Gasteiger partial charge < -0.3 is 4.98 Å². The van der Waals surface area contributed by atoms with Crippen LogP contribution in [0.3, 0.4) is 0 Å². The van der Waals surface area contributed by atoms with E-state index in [1.807, 2.05) is 18.2 Å². The van der Waals surface area contributed by atoms with Crippen LogP contribution in [0, 0.1) is 0 Å². The molecule has 132 valence electrons. The number of para-hydroxylation sites is 1. The Morgan fingerprint density at radius 2 is 1.88 bits per heavy atom. The molecule has 1 aliphatic rings. The van der Waals surface area contributed by atoms with Gasteiger partial charge in [0.05, 0.1) is 0 Å². The average molecular weight is 362 g/mol.